The Morgan fingerprint density at radius 1 is 1.00 bits per heavy atom. The van der Waals surface area contributed by atoms with Crippen LogP contribution in [0.15, 0.2) is 42.5 Å². The Morgan fingerprint density at radius 2 is 1.63 bits per heavy atom. The largest absolute Gasteiger partial charge is 0.492 e. The van der Waals surface area contributed by atoms with E-state index in [2.05, 4.69) is 17.0 Å². The molecule has 27 heavy (non-hydrogen) atoms. The minimum Gasteiger partial charge on any atom is -0.492 e. The van der Waals surface area contributed by atoms with E-state index in [1.165, 1.54) is 17.7 Å². The van der Waals surface area contributed by atoms with Gasteiger partial charge in [0.15, 0.2) is 0 Å². The molecule has 2 N–H and O–H groups in total. The molecule has 0 atom stereocenters. The van der Waals surface area contributed by atoms with Crippen LogP contribution in [0.25, 0.3) is 0 Å². The van der Waals surface area contributed by atoms with E-state index in [-0.39, 0.29) is 16.5 Å². The van der Waals surface area contributed by atoms with Crippen molar-refractivity contribution in [3.63, 3.8) is 0 Å². The first-order valence-electron chi connectivity index (χ1n) is 9.03. The van der Waals surface area contributed by atoms with Crippen molar-refractivity contribution in [3.05, 3.63) is 64.7 Å². The lowest BCUT2D eigenvalue weighted by atomic mass is 9.73. The van der Waals surface area contributed by atoms with Crippen molar-refractivity contribution in [1.29, 1.82) is 0 Å². The van der Waals surface area contributed by atoms with Gasteiger partial charge in [0, 0.05) is 17.5 Å². The van der Waals surface area contributed by atoms with E-state index >= 15 is 0 Å². The summed E-state index contributed by atoms with van der Waals surface area (Å²) < 4.78 is 5.80. The summed E-state index contributed by atoms with van der Waals surface area (Å²) in [6, 6.07) is 13.2. The van der Waals surface area contributed by atoms with Gasteiger partial charge in [0.25, 0.3) is 0 Å². The number of carbonyl (C=O) groups is 2. The van der Waals surface area contributed by atoms with E-state index in [0.29, 0.717) is 12.4 Å². The lowest BCUT2D eigenvalue weighted by molar-refractivity contribution is 0.0651. The summed E-state index contributed by atoms with van der Waals surface area (Å²) in [6.07, 6.45) is 1.72. The van der Waals surface area contributed by atoms with E-state index in [0.717, 1.165) is 38.0 Å². The number of carboxylic acids is 2. The molecule has 0 unspecified atom stereocenters. The zero-order valence-corrected chi connectivity index (χ0v) is 14.9. The SMILES string of the molecule is O=C(O)c1cc2c(cc1C(=O)O)C1(CCN(Cc3ccccc3)CC1)CO2. The van der Waals surface area contributed by atoms with E-state index in [1.807, 2.05) is 18.2 Å². The van der Waals surface area contributed by atoms with Gasteiger partial charge >= 0.3 is 11.9 Å². The van der Waals surface area contributed by atoms with Crippen LogP contribution in [0.3, 0.4) is 0 Å². The van der Waals surface area contributed by atoms with E-state index in [4.69, 9.17) is 4.74 Å². The standard InChI is InChI=1S/C21H21NO5/c23-19(24)15-10-17-18(11-16(15)20(25)26)27-13-21(17)6-8-22(9-7-21)12-14-4-2-1-3-5-14/h1-5,10-11H,6-9,12-13H2,(H,23,24)(H,25,26). The molecule has 4 rings (SSSR count). The third-order valence-electron chi connectivity index (χ3n) is 5.72. The Labute approximate surface area is 157 Å². The number of aromatic carboxylic acids is 2. The molecule has 2 aromatic carbocycles. The normalized spacial score (nSPS) is 18.1. The van der Waals surface area contributed by atoms with Crippen LogP contribution in [0.4, 0.5) is 0 Å². The first-order chi connectivity index (χ1) is 13.0. The van der Waals surface area contributed by atoms with Gasteiger partial charge in [0.2, 0.25) is 0 Å². The second-order valence-corrected chi connectivity index (χ2v) is 7.34. The lowest BCUT2D eigenvalue weighted by Crippen LogP contribution is -2.43. The molecule has 2 heterocycles. The highest BCUT2D eigenvalue weighted by Gasteiger charge is 2.44. The molecular weight excluding hydrogens is 346 g/mol. The Hall–Kier alpha value is -2.86. The van der Waals surface area contributed by atoms with Crippen LogP contribution in [0.5, 0.6) is 5.75 Å². The molecule has 1 saturated heterocycles. The number of fused-ring (bicyclic) bond motifs is 2. The number of ether oxygens (including phenoxy) is 1. The van der Waals surface area contributed by atoms with Gasteiger partial charge in [-0.2, -0.15) is 0 Å². The topological polar surface area (TPSA) is 87.1 Å². The molecule has 0 aliphatic carbocycles. The predicted molar refractivity (Wildman–Crippen MR) is 98.5 cm³/mol. The molecule has 0 bridgehead atoms. The number of piperidine rings is 1. The maximum atomic E-state index is 11.5. The van der Waals surface area contributed by atoms with Crippen molar-refractivity contribution < 1.29 is 24.5 Å². The van der Waals surface area contributed by atoms with Crippen molar-refractivity contribution in [2.75, 3.05) is 19.7 Å². The van der Waals surface area contributed by atoms with E-state index < -0.39 is 11.9 Å². The van der Waals surface area contributed by atoms with Crippen LogP contribution in [-0.2, 0) is 12.0 Å². The zero-order chi connectivity index (χ0) is 19.0. The number of nitrogens with zero attached hydrogens (tertiary/aromatic N) is 1. The van der Waals surface area contributed by atoms with Crippen LogP contribution in [0, 0.1) is 0 Å². The van der Waals surface area contributed by atoms with Gasteiger partial charge in [-0.25, -0.2) is 9.59 Å². The van der Waals surface area contributed by atoms with Gasteiger partial charge < -0.3 is 14.9 Å². The van der Waals surface area contributed by atoms with Crippen molar-refractivity contribution in [2.45, 2.75) is 24.8 Å². The lowest BCUT2D eigenvalue weighted by Gasteiger charge is -2.38. The molecule has 2 aliphatic heterocycles. The molecule has 0 saturated carbocycles. The van der Waals surface area contributed by atoms with Crippen molar-refractivity contribution in [1.82, 2.24) is 4.90 Å². The summed E-state index contributed by atoms with van der Waals surface area (Å²) in [5.74, 6) is -1.97. The summed E-state index contributed by atoms with van der Waals surface area (Å²) in [5, 5.41) is 18.7. The fraction of sp³-hybridized carbons (Fsp3) is 0.333. The van der Waals surface area contributed by atoms with E-state index in [9.17, 15) is 19.8 Å². The van der Waals surface area contributed by atoms with Gasteiger partial charge in [0.05, 0.1) is 17.7 Å². The Morgan fingerprint density at radius 3 is 2.26 bits per heavy atom. The Balaban J connectivity index is 1.57. The number of rotatable bonds is 4. The highest BCUT2D eigenvalue weighted by molar-refractivity contribution is 6.02. The number of carboxylic acid groups (broad SMARTS) is 2. The zero-order valence-electron chi connectivity index (χ0n) is 14.9. The summed E-state index contributed by atoms with van der Waals surface area (Å²) in [4.78, 5) is 25.3. The maximum absolute atomic E-state index is 11.5. The first kappa shape index (κ1) is 17.5. The molecule has 2 aromatic rings. The molecule has 1 spiro atoms. The van der Waals surface area contributed by atoms with Crippen molar-refractivity contribution in [2.24, 2.45) is 0 Å². The molecule has 1 fully saturated rings. The van der Waals surface area contributed by atoms with Crippen molar-refractivity contribution in [3.8, 4) is 5.75 Å². The molecule has 6 nitrogen and oxygen atoms in total. The summed E-state index contributed by atoms with van der Waals surface area (Å²) in [5.41, 5.74) is 1.49. The molecule has 140 valence electrons. The third kappa shape index (κ3) is 3.17. The Bertz CT molecular complexity index is 885. The molecule has 0 amide bonds. The number of benzene rings is 2. The second-order valence-electron chi connectivity index (χ2n) is 7.34. The maximum Gasteiger partial charge on any atom is 0.336 e. The molecule has 0 radical (unpaired) electrons. The van der Waals surface area contributed by atoms with Crippen LogP contribution in [-0.4, -0.2) is 46.7 Å². The van der Waals surface area contributed by atoms with Crippen molar-refractivity contribution >= 4 is 11.9 Å². The van der Waals surface area contributed by atoms with Crippen LogP contribution in [0.1, 0.15) is 44.7 Å². The second kappa shape index (κ2) is 6.70. The smallest absolute Gasteiger partial charge is 0.336 e. The fourth-order valence-electron chi connectivity index (χ4n) is 4.16. The highest BCUT2D eigenvalue weighted by atomic mass is 16.5. The van der Waals surface area contributed by atoms with Gasteiger partial charge in [-0.3, -0.25) is 4.90 Å². The average molecular weight is 367 g/mol. The summed E-state index contributed by atoms with van der Waals surface area (Å²) in [7, 11) is 0. The summed E-state index contributed by atoms with van der Waals surface area (Å²) >= 11 is 0. The van der Waals surface area contributed by atoms with Crippen LogP contribution in [0.2, 0.25) is 0 Å². The average Bonchev–Trinajstić information content (AvgIpc) is 3.01. The number of hydrogen-bond acceptors (Lipinski definition) is 4. The summed E-state index contributed by atoms with van der Waals surface area (Å²) in [6.45, 7) is 3.15. The molecule has 0 aromatic heterocycles. The minimum atomic E-state index is -1.25. The van der Waals surface area contributed by atoms with Gasteiger partial charge in [-0.1, -0.05) is 30.3 Å². The molecule has 2 aliphatic rings. The first-order valence-corrected chi connectivity index (χ1v) is 9.03. The van der Waals surface area contributed by atoms with E-state index in [1.54, 1.807) is 0 Å². The molecular formula is C21H21NO5. The monoisotopic (exact) mass is 367 g/mol. The fourth-order valence-corrected chi connectivity index (χ4v) is 4.16. The van der Waals surface area contributed by atoms with Gasteiger partial charge in [0.1, 0.15) is 5.75 Å². The third-order valence-corrected chi connectivity index (χ3v) is 5.72. The Kier molecular flexibility index (Phi) is 4.36. The highest BCUT2D eigenvalue weighted by Crippen LogP contribution is 2.46. The minimum absolute atomic E-state index is 0.169. The van der Waals surface area contributed by atoms with Crippen LogP contribution >= 0.6 is 0 Å². The number of hydrogen-bond donors (Lipinski definition) is 2. The van der Waals surface area contributed by atoms with Gasteiger partial charge in [-0.05, 0) is 43.6 Å². The predicted octanol–water partition coefficient (Wildman–Crippen LogP) is 3.01. The molecule has 6 heteroatoms. The quantitative estimate of drug-likeness (QED) is 0.864. The van der Waals surface area contributed by atoms with Crippen LogP contribution < -0.4 is 4.74 Å². The number of likely N-dealkylation sites (tertiary alicyclic amines) is 1. The van der Waals surface area contributed by atoms with Gasteiger partial charge in [-0.15, -0.1) is 0 Å².